The summed E-state index contributed by atoms with van der Waals surface area (Å²) in [4.78, 5) is 24.6. The predicted molar refractivity (Wildman–Crippen MR) is 116 cm³/mol. The zero-order valence-electron chi connectivity index (χ0n) is 17.4. The second-order valence-electron chi connectivity index (χ2n) is 9.85. The first-order chi connectivity index (χ1) is 14.0. The SMILES string of the molecule is CC(=O)[C@H]1CCC2C3CC([Se]c4ccccc4)=C4NC(=O)CCC4(C)C3CCC21. The Morgan fingerprint density at radius 1 is 1.07 bits per heavy atom. The Morgan fingerprint density at radius 3 is 2.59 bits per heavy atom. The molecule has 3 aliphatic carbocycles. The van der Waals surface area contributed by atoms with Crippen molar-refractivity contribution in [2.24, 2.45) is 35.0 Å². The number of ketones is 1. The van der Waals surface area contributed by atoms with E-state index in [1.54, 1.807) is 6.92 Å². The van der Waals surface area contributed by atoms with Gasteiger partial charge >= 0.3 is 180 Å². The van der Waals surface area contributed by atoms with E-state index in [0.717, 1.165) is 19.3 Å². The molecule has 1 aliphatic heterocycles. The number of hydrogen-bond acceptors (Lipinski definition) is 2. The third kappa shape index (κ3) is 3.24. The Labute approximate surface area is 180 Å². The van der Waals surface area contributed by atoms with Crippen molar-refractivity contribution in [2.45, 2.75) is 58.8 Å². The molecule has 0 spiro atoms. The van der Waals surface area contributed by atoms with E-state index in [9.17, 15) is 9.59 Å². The molecule has 0 aromatic heterocycles. The van der Waals surface area contributed by atoms with E-state index in [1.807, 2.05) is 0 Å². The van der Waals surface area contributed by atoms with Gasteiger partial charge in [0.15, 0.2) is 0 Å². The van der Waals surface area contributed by atoms with Crippen molar-refractivity contribution in [1.29, 1.82) is 0 Å². The number of hydrogen-bond donors (Lipinski definition) is 1. The number of piperidine rings is 1. The van der Waals surface area contributed by atoms with Crippen LogP contribution in [0.2, 0.25) is 0 Å². The number of carbonyl (C=O) groups is 2. The van der Waals surface area contributed by atoms with Gasteiger partial charge in [0.2, 0.25) is 0 Å². The molecular formula is C25H31NO2Se. The normalized spacial score (nSPS) is 38.7. The van der Waals surface area contributed by atoms with Crippen LogP contribution in [0.5, 0.6) is 0 Å². The molecule has 0 bridgehead atoms. The first-order valence-corrected chi connectivity index (χ1v) is 13.0. The third-order valence-corrected chi connectivity index (χ3v) is 10.8. The Kier molecular flexibility index (Phi) is 4.99. The first-order valence-electron chi connectivity index (χ1n) is 11.2. The Hall–Kier alpha value is -1.38. The van der Waals surface area contributed by atoms with Gasteiger partial charge in [0, 0.05) is 0 Å². The average Bonchev–Trinajstić information content (AvgIpc) is 3.15. The predicted octanol–water partition coefficient (Wildman–Crippen LogP) is 3.81. The molecule has 5 rings (SSSR count). The van der Waals surface area contributed by atoms with Crippen molar-refractivity contribution in [2.75, 3.05) is 0 Å². The fraction of sp³-hybridized carbons (Fsp3) is 0.600. The molecule has 6 atom stereocenters. The molecule has 3 nitrogen and oxygen atoms in total. The second kappa shape index (κ2) is 7.39. The van der Waals surface area contributed by atoms with Crippen LogP contribution in [0.25, 0.3) is 0 Å². The Bertz CT molecular complexity index is 863. The van der Waals surface area contributed by atoms with Crippen molar-refractivity contribution in [3.63, 3.8) is 0 Å². The summed E-state index contributed by atoms with van der Waals surface area (Å²) in [5.41, 5.74) is 1.38. The molecule has 1 heterocycles. The van der Waals surface area contributed by atoms with E-state index in [4.69, 9.17) is 0 Å². The van der Waals surface area contributed by atoms with Crippen LogP contribution < -0.4 is 9.78 Å². The van der Waals surface area contributed by atoms with E-state index in [2.05, 4.69) is 42.6 Å². The van der Waals surface area contributed by atoms with Gasteiger partial charge in [0.25, 0.3) is 0 Å². The number of allylic oxidation sites excluding steroid dienone is 2. The van der Waals surface area contributed by atoms with Crippen molar-refractivity contribution in [1.82, 2.24) is 5.32 Å². The van der Waals surface area contributed by atoms with Gasteiger partial charge in [0.1, 0.15) is 0 Å². The molecule has 29 heavy (non-hydrogen) atoms. The minimum absolute atomic E-state index is 0.0992. The number of carbonyl (C=O) groups excluding carboxylic acids is 2. The molecule has 1 N–H and O–H groups in total. The molecule has 154 valence electrons. The monoisotopic (exact) mass is 457 g/mol. The summed E-state index contributed by atoms with van der Waals surface area (Å²) in [6.07, 6.45) is 7.49. The fourth-order valence-corrected chi connectivity index (χ4v) is 9.76. The standard InChI is InChI=1S/C25H31NO2Se/c1-15(27)17-8-9-19-18(17)10-11-21-20(19)14-22(29-16-6-4-3-5-7-16)24-25(21,2)13-12-23(28)26-24/h3-7,17-21H,8-14H2,1-2H3,(H,26,28)/t17-,18?,19?,20?,21?,25?/m1/s1. The van der Waals surface area contributed by atoms with Crippen molar-refractivity contribution in [3.8, 4) is 0 Å². The summed E-state index contributed by atoms with van der Waals surface area (Å²) in [6.45, 7) is 4.23. The third-order valence-electron chi connectivity index (χ3n) is 8.49. The summed E-state index contributed by atoms with van der Waals surface area (Å²) in [7, 11) is 0. The quantitative estimate of drug-likeness (QED) is 0.704. The summed E-state index contributed by atoms with van der Waals surface area (Å²) in [6, 6.07) is 10.8. The number of fused-ring (bicyclic) bond motifs is 5. The molecule has 5 unspecified atom stereocenters. The van der Waals surface area contributed by atoms with Crippen molar-refractivity contribution < 1.29 is 9.59 Å². The molecular weight excluding hydrogens is 425 g/mol. The second-order valence-corrected chi connectivity index (χ2v) is 12.3. The zero-order chi connectivity index (χ0) is 20.2. The number of rotatable bonds is 3. The molecule has 1 aromatic carbocycles. The van der Waals surface area contributed by atoms with Gasteiger partial charge in [-0.2, -0.15) is 0 Å². The maximum absolute atomic E-state index is 12.3. The first kappa shape index (κ1) is 19.6. The summed E-state index contributed by atoms with van der Waals surface area (Å²) in [5.74, 6) is 3.54. The minimum atomic E-state index is 0.0992. The van der Waals surface area contributed by atoms with E-state index in [1.165, 1.54) is 33.9 Å². The fourth-order valence-electron chi connectivity index (χ4n) is 7.16. The Balaban J connectivity index is 1.53. The van der Waals surface area contributed by atoms with Crippen LogP contribution in [0.1, 0.15) is 58.8 Å². The van der Waals surface area contributed by atoms with Crippen LogP contribution in [-0.2, 0) is 9.59 Å². The molecule has 1 amide bonds. The summed E-state index contributed by atoms with van der Waals surface area (Å²) >= 11 is 0.249. The molecule has 0 radical (unpaired) electrons. The van der Waals surface area contributed by atoms with Gasteiger partial charge in [-0.15, -0.1) is 0 Å². The number of amides is 1. The summed E-state index contributed by atoms with van der Waals surface area (Å²) in [5, 5.41) is 3.35. The van der Waals surface area contributed by atoms with Gasteiger partial charge < -0.3 is 0 Å². The van der Waals surface area contributed by atoms with Gasteiger partial charge in [-0.05, 0) is 0 Å². The maximum atomic E-state index is 12.3. The van der Waals surface area contributed by atoms with Crippen LogP contribution in [0.15, 0.2) is 40.5 Å². The van der Waals surface area contributed by atoms with Crippen LogP contribution in [0.4, 0.5) is 0 Å². The van der Waals surface area contributed by atoms with E-state index < -0.39 is 0 Å². The van der Waals surface area contributed by atoms with Crippen LogP contribution in [0.3, 0.4) is 0 Å². The number of Topliss-reactive ketones (excluding diaryl/α,β-unsaturated/α-hetero) is 1. The topological polar surface area (TPSA) is 46.2 Å². The number of nitrogens with one attached hydrogen (secondary N) is 1. The summed E-state index contributed by atoms with van der Waals surface area (Å²) < 4.78 is 2.90. The van der Waals surface area contributed by atoms with Gasteiger partial charge in [-0.1, -0.05) is 0 Å². The van der Waals surface area contributed by atoms with Gasteiger partial charge in [-0.25, -0.2) is 0 Å². The number of benzene rings is 1. The van der Waals surface area contributed by atoms with E-state index in [-0.39, 0.29) is 26.3 Å². The molecule has 3 fully saturated rings. The Morgan fingerprint density at radius 2 is 1.83 bits per heavy atom. The molecule has 1 aromatic rings. The molecule has 4 aliphatic rings. The van der Waals surface area contributed by atoms with Crippen molar-refractivity contribution in [3.05, 3.63) is 40.5 Å². The van der Waals surface area contributed by atoms with E-state index >= 15 is 0 Å². The van der Waals surface area contributed by atoms with Gasteiger partial charge in [0.05, 0.1) is 0 Å². The van der Waals surface area contributed by atoms with Crippen LogP contribution in [-0.4, -0.2) is 26.6 Å². The van der Waals surface area contributed by atoms with E-state index in [0.29, 0.717) is 41.8 Å². The average molecular weight is 456 g/mol. The molecule has 2 saturated carbocycles. The molecule has 1 saturated heterocycles. The molecule has 4 heteroatoms. The van der Waals surface area contributed by atoms with Crippen LogP contribution in [0, 0.1) is 35.0 Å². The van der Waals surface area contributed by atoms with Crippen LogP contribution >= 0.6 is 0 Å². The van der Waals surface area contributed by atoms with Crippen molar-refractivity contribution >= 4 is 31.1 Å². The zero-order valence-corrected chi connectivity index (χ0v) is 19.2. The van der Waals surface area contributed by atoms with Gasteiger partial charge in [-0.3, -0.25) is 0 Å².